The second-order valence-corrected chi connectivity index (χ2v) is 9.50. The highest BCUT2D eigenvalue weighted by Crippen LogP contribution is 2.29. The molecule has 0 fully saturated rings. The normalized spacial score (nSPS) is 16.2. The first-order valence-electron chi connectivity index (χ1n) is 10.6. The second-order valence-electron chi connectivity index (χ2n) is 7.61. The lowest BCUT2D eigenvalue weighted by atomic mass is 9.95. The first-order valence-corrected chi connectivity index (χ1v) is 12.1. The van der Waals surface area contributed by atoms with Crippen LogP contribution in [0, 0.1) is 0 Å². The molecule has 3 aromatic carbocycles. The lowest BCUT2D eigenvalue weighted by Crippen LogP contribution is -2.52. The third-order valence-electron chi connectivity index (χ3n) is 5.58. The van der Waals surface area contributed by atoms with Crippen molar-refractivity contribution in [1.82, 2.24) is 9.62 Å². The van der Waals surface area contributed by atoms with Gasteiger partial charge >= 0.3 is 0 Å². The summed E-state index contributed by atoms with van der Waals surface area (Å²) in [4.78, 5) is 13.5. The smallest absolute Gasteiger partial charge is 0.244 e. The Balaban J connectivity index is 1.62. The molecule has 1 heterocycles. The Morgan fingerprint density at radius 1 is 0.969 bits per heavy atom. The molecular weight excluding hydrogens is 424 g/mol. The molecule has 32 heavy (non-hydrogen) atoms. The van der Waals surface area contributed by atoms with Crippen LogP contribution in [-0.2, 0) is 34.3 Å². The van der Waals surface area contributed by atoms with E-state index in [1.807, 2.05) is 55.5 Å². The van der Waals surface area contributed by atoms with Gasteiger partial charge in [-0.1, -0.05) is 60.7 Å². The summed E-state index contributed by atoms with van der Waals surface area (Å²) in [6.07, 6.45) is 0.321. The fourth-order valence-corrected chi connectivity index (χ4v) is 5.54. The van der Waals surface area contributed by atoms with Gasteiger partial charge in [0.1, 0.15) is 11.8 Å². The molecule has 0 aliphatic carbocycles. The SMILES string of the molecule is CCOc1ccccc1CNC(=O)C1Cc2ccccc2CN1S(=O)(=O)c1ccccc1. The van der Waals surface area contributed by atoms with Crippen molar-refractivity contribution in [1.29, 1.82) is 0 Å². The number of fused-ring (bicyclic) bond motifs is 1. The molecule has 1 amide bonds. The Bertz CT molecular complexity index is 1200. The molecule has 3 aromatic rings. The summed E-state index contributed by atoms with van der Waals surface area (Å²) in [6, 6.07) is 22.6. The summed E-state index contributed by atoms with van der Waals surface area (Å²) < 4.78 is 33.9. The van der Waals surface area contributed by atoms with E-state index in [0.717, 1.165) is 16.7 Å². The fraction of sp³-hybridized carbons (Fsp3) is 0.240. The van der Waals surface area contributed by atoms with Crippen molar-refractivity contribution in [3.8, 4) is 5.75 Å². The van der Waals surface area contributed by atoms with Crippen LogP contribution >= 0.6 is 0 Å². The fourth-order valence-electron chi connectivity index (χ4n) is 3.95. The van der Waals surface area contributed by atoms with E-state index in [2.05, 4.69) is 5.32 Å². The number of carbonyl (C=O) groups excluding carboxylic acids is 1. The maximum absolute atomic E-state index is 13.5. The molecule has 0 radical (unpaired) electrons. The number of ether oxygens (including phenoxy) is 1. The van der Waals surface area contributed by atoms with Crippen molar-refractivity contribution in [2.75, 3.05) is 6.61 Å². The molecular formula is C25H26N2O4S. The number of carbonyl (C=O) groups is 1. The molecule has 6 nitrogen and oxygen atoms in total. The van der Waals surface area contributed by atoms with E-state index in [-0.39, 0.29) is 23.9 Å². The zero-order chi connectivity index (χ0) is 22.6. The largest absolute Gasteiger partial charge is 0.494 e. The number of amides is 1. The van der Waals surface area contributed by atoms with Gasteiger partial charge < -0.3 is 10.1 Å². The second kappa shape index (κ2) is 9.54. The number of rotatable bonds is 7. The summed E-state index contributed by atoms with van der Waals surface area (Å²) in [5.74, 6) is 0.378. The molecule has 0 spiro atoms. The molecule has 0 saturated carbocycles. The molecule has 1 atom stereocenters. The van der Waals surface area contributed by atoms with Gasteiger partial charge in [-0.3, -0.25) is 4.79 Å². The molecule has 0 bridgehead atoms. The monoisotopic (exact) mass is 450 g/mol. The molecule has 1 aliphatic rings. The zero-order valence-electron chi connectivity index (χ0n) is 17.9. The van der Waals surface area contributed by atoms with Gasteiger partial charge in [0, 0.05) is 18.7 Å². The minimum Gasteiger partial charge on any atom is -0.494 e. The molecule has 4 rings (SSSR count). The van der Waals surface area contributed by atoms with E-state index in [4.69, 9.17) is 4.74 Å². The summed E-state index contributed by atoms with van der Waals surface area (Å²) in [7, 11) is -3.85. The lowest BCUT2D eigenvalue weighted by Gasteiger charge is -2.35. The van der Waals surface area contributed by atoms with Crippen LogP contribution < -0.4 is 10.1 Å². The first-order chi connectivity index (χ1) is 15.5. The van der Waals surface area contributed by atoms with E-state index >= 15 is 0 Å². The van der Waals surface area contributed by atoms with Gasteiger partial charge in [-0.2, -0.15) is 4.31 Å². The van der Waals surface area contributed by atoms with Crippen LogP contribution in [0.2, 0.25) is 0 Å². The average molecular weight is 451 g/mol. The van der Waals surface area contributed by atoms with Crippen LogP contribution in [-0.4, -0.2) is 31.3 Å². The first kappa shape index (κ1) is 22.0. The summed E-state index contributed by atoms with van der Waals surface area (Å²) >= 11 is 0. The van der Waals surface area contributed by atoms with E-state index in [9.17, 15) is 13.2 Å². The van der Waals surface area contributed by atoms with Crippen molar-refractivity contribution in [3.05, 3.63) is 95.6 Å². The third kappa shape index (κ3) is 4.54. The Hall–Kier alpha value is -3.16. The molecule has 1 N–H and O–H groups in total. The predicted octanol–water partition coefficient (Wildman–Crippen LogP) is 3.52. The highest BCUT2D eigenvalue weighted by atomic mass is 32.2. The lowest BCUT2D eigenvalue weighted by molar-refractivity contribution is -0.125. The molecule has 1 unspecified atom stereocenters. The highest BCUT2D eigenvalue weighted by Gasteiger charge is 2.39. The molecule has 0 saturated heterocycles. The summed E-state index contributed by atoms with van der Waals surface area (Å²) in [6.45, 7) is 2.84. The van der Waals surface area contributed by atoms with Crippen LogP contribution in [0.1, 0.15) is 23.6 Å². The number of nitrogens with one attached hydrogen (secondary N) is 1. The summed E-state index contributed by atoms with van der Waals surface area (Å²) in [5, 5.41) is 2.93. The van der Waals surface area contributed by atoms with E-state index in [1.54, 1.807) is 30.3 Å². The van der Waals surface area contributed by atoms with Crippen molar-refractivity contribution < 1.29 is 17.9 Å². The molecule has 7 heteroatoms. The topological polar surface area (TPSA) is 75.7 Å². The third-order valence-corrected chi connectivity index (χ3v) is 7.45. The van der Waals surface area contributed by atoms with Gasteiger partial charge in [0.25, 0.3) is 0 Å². The quantitative estimate of drug-likeness (QED) is 0.598. The van der Waals surface area contributed by atoms with Crippen LogP contribution in [0.25, 0.3) is 0 Å². The Morgan fingerprint density at radius 3 is 2.38 bits per heavy atom. The number of hydrogen-bond donors (Lipinski definition) is 1. The van der Waals surface area contributed by atoms with Crippen molar-refractivity contribution in [2.45, 2.75) is 37.4 Å². The number of hydrogen-bond acceptors (Lipinski definition) is 4. The number of nitrogens with zero attached hydrogens (tertiary/aromatic N) is 1. The molecule has 1 aliphatic heterocycles. The van der Waals surface area contributed by atoms with Gasteiger partial charge in [0.15, 0.2) is 0 Å². The van der Waals surface area contributed by atoms with Crippen molar-refractivity contribution in [2.24, 2.45) is 0 Å². The predicted molar refractivity (Wildman–Crippen MR) is 123 cm³/mol. The Labute approximate surface area is 188 Å². The van der Waals surface area contributed by atoms with Gasteiger partial charge in [-0.25, -0.2) is 8.42 Å². The van der Waals surface area contributed by atoms with E-state index < -0.39 is 16.1 Å². The standard InChI is InChI=1S/C25H26N2O4S/c1-2-31-24-15-9-8-11-20(24)17-26-25(28)23-16-19-10-6-7-12-21(19)18-27(23)32(29,30)22-13-4-3-5-14-22/h3-15,23H,2,16-18H2,1H3,(H,26,28). The highest BCUT2D eigenvalue weighted by molar-refractivity contribution is 7.89. The van der Waals surface area contributed by atoms with E-state index in [0.29, 0.717) is 18.8 Å². The minimum atomic E-state index is -3.85. The average Bonchev–Trinajstić information content (AvgIpc) is 2.83. The van der Waals surface area contributed by atoms with Gasteiger partial charge in [0.05, 0.1) is 11.5 Å². The van der Waals surface area contributed by atoms with Gasteiger partial charge in [-0.15, -0.1) is 0 Å². The van der Waals surface area contributed by atoms with Crippen LogP contribution in [0.3, 0.4) is 0 Å². The zero-order valence-corrected chi connectivity index (χ0v) is 18.7. The maximum Gasteiger partial charge on any atom is 0.244 e. The van der Waals surface area contributed by atoms with Crippen LogP contribution in [0.4, 0.5) is 0 Å². The van der Waals surface area contributed by atoms with Gasteiger partial charge in [-0.05, 0) is 42.7 Å². The molecule has 0 aromatic heterocycles. The maximum atomic E-state index is 13.5. The number of benzene rings is 3. The number of para-hydroxylation sites is 1. The van der Waals surface area contributed by atoms with Crippen molar-refractivity contribution >= 4 is 15.9 Å². The van der Waals surface area contributed by atoms with Crippen LogP contribution in [0.5, 0.6) is 5.75 Å². The number of sulfonamides is 1. The van der Waals surface area contributed by atoms with Gasteiger partial charge in [0.2, 0.25) is 15.9 Å². The van der Waals surface area contributed by atoms with Crippen LogP contribution in [0.15, 0.2) is 83.8 Å². The Kier molecular flexibility index (Phi) is 6.58. The molecule has 166 valence electrons. The van der Waals surface area contributed by atoms with Crippen molar-refractivity contribution in [3.63, 3.8) is 0 Å². The summed E-state index contributed by atoms with van der Waals surface area (Å²) in [5.41, 5.74) is 2.75. The Morgan fingerprint density at radius 2 is 1.62 bits per heavy atom. The van der Waals surface area contributed by atoms with E-state index in [1.165, 1.54) is 4.31 Å². The minimum absolute atomic E-state index is 0.154.